The second-order valence-corrected chi connectivity index (χ2v) is 9.22. The van der Waals surface area contributed by atoms with Crippen molar-refractivity contribution in [3.8, 4) is 5.75 Å². The summed E-state index contributed by atoms with van der Waals surface area (Å²) in [7, 11) is 0. The van der Waals surface area contributed by atoms with E-state index in [9.17, 15) is 22.8 Å². The van der Waals surface area contributed by atoms with Gasteiger partial charge < -0.3 is 25.4 Å². The maximum atomic E-state index is 13.1. The summed E-state index contributed by atoms with van der Waals surface area (Å²) < 4.78 is 46.0. The molecule has 7 nitrogen and oxygen atoms in total. The van der Waals surface area contributed by atoms with E-state index in [1.165, 1.54) is 30.7 Å². The van der Waals surface area contributed by atoms with Gasteiger partial charge in [0.2, 0.25) is 11.8 Å². The second-order valence-electron chi connectivity index (χ2n) is 9.22. The highest BCUT2D eigenvalue weighted by atomic mass is 19.4. The van der Waals surface area contributed by atoms with Crippen molar-refractivity contribution in [2.75, 3.05) is 25.1 Å². The normalized spacial score (nSPS) is 20.9. The van der Waals surface area contributed by atoms with Crippen LogP contribution in [0.2, 0.25) is 0 Å². The lowest BCUT2D eigenvalue weighted by atomic mass is 9.84. The molecule has 0 spiro atoms. The lowest BCUT2D eigenvalue weighted by molar-refractivity contribution is -0.274. The number of hydrogen-bond donors (Lipinski definition) is 3. The minimum Gasteiger partial charge on any atom is -0.406 e. The Hall–Kier alpha value is -2.49. The lowest BCUT2D eigenvalue weighted by Crippen LogP contribution is -2.52. The number of hydrogen-bond acceptors (Lipinski definition) is 5. The van der Waals surface area contributed by atoms with Gasteiger partial charge in [-0.15, -0.1) is 13.2 Å². The zero-order valence-electron chi connectivity index (χ0n) is 19.5. The number of rotatable bonds is 10. The van der Waals surface area contributed by atoms with Crippen LogP contribution in [-0.4, -0.2) is 50.0 Å². The van der Waals surface area contributed by atoms with Gasteiger partial charge in [0.05, 0.1) is 12.5 Å². The van der Waals surface area contributed by atoms with Crippen LogP contribution in [0.5, 0.6) is 5.75 Å². The van der Waals surface area contributed by atoms with Crippen LogP contribution in [0.4, 0.5) is 18.9 Å². The Morgan fingerprint density at radius 1 is 1.09 bits per heavy atom. The quantitative estimate of drug-likeness (QED) is 0.466. The Balaban J connectivity index is 1.51. The summed E-state index contributed by atoms with van der Waals surface area (Å²) in [5.74, 6) is -0.463. The Bertz CT molecular complexity index is 792. The number of carbonyl (C=O) groups is 2. The van der Waals surface area contributed by atoms with E-state index in [2.05, 4.69) is 20.7 Å². The molecular weight excluding hydrogens is 451 g/mol. The minimum absolute atomic E-state index is 0.139. The van der Waals surface area contributed by atoms with Crippen molar-refractivity contribution in [2.24, 2.45) is 11.8 Å². The van der Waals surface area contributed by atoms with Gasteiger partial charge in [-0.2, -0.15) is 0 Å². The van der Waals surface area contributed by atoms with Crippen LogP contribution in [-0.2, 0) is 14.3 Å². The van der Waals surface area contributed by atoms with E-state index in [1.54, 1.807) is 0 Å². The molecule has 3 atom stereocenters. The fraction of sp³-hybridized carbons (Fsp3) is 0.667. The minimum atomic E-state index is -4.73. The summed E-state index contributed by atoms with van der Waals surface area (Å²) in [6, 6.07) is 4.54. The first-order valence-corrected chi connectivity index (χ1v) is 12.0. The van der Waals surface area contributed by atoms with Gasteiger partial charge in [0, 0.05) is 24.9 Å². The third-order valence-electron chi connectivity index (χ3n) is 6.32. The highest BCUT2D eigenvalue weighted by Crippen LogP contribution is 2.28. The monoisotopic (exact) mass is 485 g/mol. The molecule has 190 valence electrons. The molecule has 0 aromatic heterocycles. The summed E-state index contributed by atoms with van der Waals surface area (Å²) in [6.07, 6.45) is 2.19. The van der Waals surface area contributed by atoms with Crippen LogP contribution in [0.15, 0.2) is 24.3 Å². The van der Waals surface area contributed by atoms with Crippen molar-refractivity contribution >= 4 is 17.5 Å². The topological polar surface area (TPSA) is 88.7 Å². The first kappa shape index (κ1) is 26.1. The number of carbonyl (C=O) groups excluding carboxylic acids is 2. The van der Waals surface area contributed by atoms with Crippen molar-refractivity contribution in [1.29, 1.82) is 0 Å². The van der Waals surface area contributed by atoms with Gasteiger partial charge in [0.25, 0.3) is 0 Å². The largest absolute Gasteiger partial charge is 0.573 e. The van der Waals surface area contributed by atoms with Crippen molar-refractivity contribution in [3.05, 3.63) is 24.3 Å². The SMILES string of the molecule is CC(CNc1ccc(OC(F)(F)F)cc1)NC(=O)C(CC1CCCCC1)NC(=O)C1CCOC1. The van der Waals surface area contributed by atoms with Gasteiger partial charge in [-0.05, 0) is 49.9 Å². The van der Waals surface area contributed by atoms with Gasteiger partial charge >= 0.3 is 6.36 Å². The molecule has 2 fully saturated rings. The Morgan fingerprint density at radius 3 is 2.41 bits per heavy atom. The predicted octanol–water partition coefficient (Wildman–Crippen LogP) is 3.99. The molecule has 3 N–H and O–H groups in total. The third kappa shape index (κ3) is 8.70. The molecule has 1 saturated carbocycles. The van der Waals surface area contributed by atoms with Crippen LogP contribution >= 0.6 is 0 Å². The number of amides is 2. The van der Waals surface area contributed by atoms with Crippen LogP contribution < -0.4 is 20.7 Å². The van der Waals surface area contributed by atoms with E-state index in [1.807, 2.05) is 6.92 Å². The van der Waals surface area contributed by atoms with Gasteiger partial charge in [0.1, 0.15) is 11.8 Å². The molecule has 34 heavy (non-hydrogen) atoms. The fourth-order valence-corrected chi connectivity index (χ4v) is 4.46. The van der Waals surface area contributed by atoms with Crippen LogP contribution in [0.3, 0.4) is 0 Å². The van der Waals surface area contributed by atoms with Crippen molar-refractivity contribution in [3.63, 3.8) is 0 Å². The third-order valence-corrected chi connectivity index (χ3v) is 6.32. The summed E-state index contributed by atoms with van der Waals surface area (Å²) in [5.41, 5.74) is 0.601. The maximum Gasteiger partial charge on any atom is 0.573 e. The standard InChI is InChI=1S/C24H34F3N3O4/c1-16(14-28-19-7-9-20(10-8-19)34-24(25,26)27)29-23(32)21(13-17-5-3-2-4-6-17)30-22(31)18-11-12-33-15-18/h7-10,16-18,21,28H,2-6,11-15H2,1H3,(H,29,32)(H,30,31). The van der Waals surface area contributed by atoms with E-state index in [4.69, 9.17) is 4.74 Å². The van der Waals surface area contributed by atoms with E-state index in [0.717, 1.165) is 25.7 Å². The second kappa shape index (κ2) is 12.3. The van der Waals surface area contributed by atoms with Crippen LogP contribution in [0.1, 0.15) is 51.9 Å². The maximum absolute atomic E-state index is 13.1. The molecule has 1 aliphatic heterocycles. The van der Waals surface area contributed by atoms with Crippen molar-refractivity contribution in [1.82, 2.24) is 10.6 Å². The molecule has 1 aromatic carbocycles. The van der Waals surface area contributed by atoms with E-state index in [-0.39, 0.29) is 29.5 Å². The van der Waals surface area contributed by atoms with Crippen LogP contribution in [0, 0.1) is 11.8 Å². The molecule has 3 unspecified atom stereocenters. The number of ether oxygens (including phenoxy) is 2. The Labute approximate surface area is 198 Å². The summed E-state index contributed by atoms with van der Waals surface area (Å²) in [5, 5.41) is 9.00. The first-order chi connectivity index (χ1) is 16.2. The zero-order chi connectivity index (χ0) is 24.6. The van der Waals surface area contributed by atoms with Gasteiger partial charge in [0.15, 0.2) is 0 Å². The molecule has 10 heteroatoms. The summed E-state index contributed by atoms with van der Waals surface area (Å²) in [4.78, 5) is 25.7. The van der Waals surface area contributed by atoms with E-state index >= 15 is 0 Å². The Kier molecular flexibility index (Phi) is 9.44. The molecule has 2 amide bonds. The molecule has 0 bridgehead atoms. The zero-order valence-corrected chi connectivity index (χ0v) is 19.5. The van der Waals surface area contributed by atoms with Gasteiger partial charge in [-0.3, -0.25) is 9.59 Å². The average molecular weight is 486 g/mol. The number of halogens is 3. The van der Waals surface area contributed by atoms with Gasteiger partial charge in [-0.1, -0.05) is 32.1 Å². The summed E-state index contributed by atoms with van der Waals surface area (Å²) in [6.45, 7) is 3.14. The fourth-order valence-electron chi connectivity index (χ4n) is 4.46. The molecule has 2 aliphatic rings. The molecule has 0 radical (unpaired) electrons. The highest BCUT2D eigenvalue weighted by molar-refractivity contribution is 5.88. The Morgan fingerprint density at radius 2 is 1.79 bits per heavy atom. The van der Waals surface area contributed by atoms with Crippen molar-refractivity contribution in [2.45, 2.75) is 70.3 Å². The van der Waals surface area contributed by atoms with Crippen molar-refractivity contribution < 1.29 is 32.2 Å². The molecule has 1 aromatic rings. The summed E-state index contributed by atoms with van der Waals surface area (Å²) >= 11 is 0. The molecule has 1 saturated heterocycles. The lowest BCUT2D eigenvalue weighted by Gasteiger charge is -2.28. The predicted molar refractivity (Wildman–Crippen MR) is 121 cm³/mol. The number of alkyl halides is 3. The van der Waals surface area contributed by atoms with E-state index < -0.39 is 12.4 Å². The smallest absolute Gasteiger partial charge is 0.406 e. The number of anilines is 1. The average Bonchev–Trinajstić information content (AvgIpc) is 3.33. The molecular formula is C24H34F3N3O4. The van der Waals surface area contributed by atoms with Gasteiger partial charge in [-0.25, -0.2) is 0 Å². The van der Waals surface area contributed by atoms with Crippen LogP contribution in [0.25, 0.3) is 0 Å². The number of benzene rings is 1. The first-order valence-electron chi connectivity index (χ1n) is 12.0. The van der Waals surface area contributed by atoms with E-state index in [0.29, 0.717) is 44.2 Å². The highest BCUT2D eigenvalue weighted by Gasteiger charge is 2.32. The molecule has 3 rings (SSSR count). The molecule has 1 heterocycles. The molecule has 1 aliphatic carbocycles. The number of nitrogens with one attached hydrogen (secondary N) is 3.